The van der Waals surface area contributed by atoms with Crippen LogP contribution in [0.3, 0.4) is 0 Å². The molecule has 0 unspecified atom stereocenters. The Morgan fingerprint density at radius 2 is 1.77 bits per heavy atom. The number of hydrogen-bond acceptors (Lipinski definition) is 5. The van der Waals surface area contributed by atoms with Gasteiger partial charge in [0.15, 0.2) is 0 Å². The van der Waals surface area contributed by atoms with Crippen molar-refractivity contribution in [2.24, 2.45) is 0 Å². The number of esters is 1. The van der Waals surface area contributed by atoms with Crippen LogP contribution in [0.15, 0.2) is 59.3 Å². The topological polar surface area (TPSA) is 75.7 Å². The molecule has 2 aromatic carbocycles. The highest BCUT2D eigenvalue weighted by molar-refractivity contribution is 6.53. The molecule has 0 saturated carbocycles. The van der Waals surface area contributed by atoms with E-state index in [1.54, 1.807) is 24.3 Å². The van der Waals surface area contributed by atoms with E-state index in [1.165, 1.54) is 19.2 Å². The van der Waals surface area contributed by atoms with Crippen molar-refractivity contribution in [3.63, 3.8) is 0 Å². The molecule has 2 amide bonds. The molecule has 3 rings (SSSR count). The average molecular weight is 371 g/mol. The molecule has 0 bridgehead atoms. The highest BCUT2D eigenvalue weighted by Crippen LogP contribution is 2.30. The number of halogens is 1. The minimum Gasteiger partial charge on any atom is -0.465 e. The fourth-order valence-electron chi connectivity index (χ4n) is 2.52. The summed E-state index contributed by atoms with van der Waals surface area (Å²) in [4.78, 5) is 37.8. The summed E-state index contributed by atoms with van der Waals surface area (Å²) in [7, 11) is 1.25. The Morgan fingerprint density at radius 1 is 1.08 bits per heavy atom. The van der Waals surface area contributed by atoms with Crippen LogP contribution in [0.1, 0.15) is 15.9 Å². The number of carbonyl (C=O) groups excluding carboxylic acids is 3. The van der Waals surface area contributed by atoms with E-state index in [2.05, 4.69) is 10.1 Å². The number of nitrogens with one attached hydrogen (secondary N) is 1. The number of methoxy groups -OCH3 is 1. The van der Waals surface area contributed by atoms with Gasteiger partial charge in [0.1, 0.15) is 10.7 Å². The lowest BCUT2D eigenvalue weighted by atomic mass is 10.2. The predicted molar refractivity (Wildman–Crippen MR) is 98.0 cm³/mol. The quantitative estimate of drug-likeness (QED) is 0.660. The molecule has 0 saturated heterocycles. The summed E-state index contributed by atoms with van der Waals surface area (Å²) >= 11 is 6.09. The van der Waals surface area contributed by atoms with Crippen LogP contribution in [0.2, 0.25) is 0 Å². The number of anilines is 2. The molecule has 0 aliphatic carbocycles. The van der Waals surface area contributed by atoms with E-state index in [0.717, 1.165) is 10.5 Å². The summed E-state index contributed by atoms with van der Waals surface area (Å²) in [5.41, 5.74) is 2.15. The number of hydrogen-bond donors (Lipinski definition) is 1. The standard InChI is InChI=1S/C19H15ClN2O4/c1-11-6-8-13(9-7-11)21-16-15(20)17(23)22(18(16)24)14-5-3-4-12(10-14)19(25)26-2/h3-10,21H,1-2H3. The van der Waals surface area contributed by atoms with Gasteiger partial charge >= 0.3 is 5.97 Å². The van der Waals surface area contributed by atoms with E-state index in [4.69, 9.17) is 11.6 Å². The summed E-state index contributed by atoms with van der Waals surface area (Å²) in [5, 5.41) is 2.68. The van der Waals surface area contributed by atoms with E-state index in [9.17, 15) is 14.4 Å². The minimum absolute atomic E-state index is 0.0102. The average Bonchev–Trinajstić information content (AvgIpc) is 2.86. The number of imide groups is 1. The summed E-state index contributed by atoms with van der Waals surface area (Å²) in [6.45, 7) is 1.94. The lowest BCUT2D eigenvalue weighted by Gasteiger charge is -2.15. The van der Waals surface area contributed by atoms with Gasteiger partial charge in [0, 0.05) is 5.69 Å². The van der Waals surface area contributed by atoms with E-state index < -0.39 is 17.8 Å². The molecular weight excluding hydrogens is 356 g/mol. The summed E-state index contributed by atoms with van der Waals surface area (Å²) in [5.74, 6) is -1.82. The Bertz CT molecular complexity index is 935. The van der Waals surface area contributed by atoms with Crippen LogP contribution in [-0.2, 0) is 14.3 Å². The smallest absolute Gasteiger partial charge is 0.337 e. The van der Waals surface area contributed by atoms with Gasteiger partial charge in [0.25, 0.3) is 11.8 Å². The molecule has 0 radical (unpaired) electrons. The van der Waals surface area contributed by atoms with Crippen LogP contribution >= 0.6 is 11.6 Å². The third-order valence-electron chi connectivity index (χ3n) is 3.87. The van der Waals surface area contributed by atoms with Crippen molar-refractivity contribution in [2.75, 3.05) is 17.3 Å². The molecule has 0 aromatic heterocycles. The molecule has 0 fully saturated rings. The van der Waals surface area contributed by atoms with Crippen molar-refractivity contribution in [1.82, 2.24) is 0 Å². The second-order valence-corrected chi connectivity index (χ2v) is 6.05. The Hall–Kier alpha value is -3.12. The predicted octanol–water partition coefficient (Wildman–Crippen LogP) is 3.22. The van der Waals surface area contributed by atoms with Gasteiger partial charge in [-0.1, -0.05) is 35.4 Å². The third-order valence-corrected chi connectivity index (χ3v) is 4.22. The Balaban J connectivity index is 1.91. The monoisotopic (exact) mass is 370 g/mol. The second kappa shape index (κ2) is 7.01. The van der Waals surface area contributed by atoms with E-state index in [-0.39, 0.29) is 22.0 Å². The molecule has 132 valence electrons. The van der Waals surface area contributed by atoms with Crippen molar-refractivity contribution in [3.05, 3.63) is 70.4 Å². The van der Waals surface area contributed by atoms with Gasteiger partial charge in [0.05, 0.1) is 18.4 Å². The highest BCUT2D eigenvalue weighted by atomic mass is 35.5. The van der Waals surface area contributed by atoms with Crippen LogP contribution in [0, 0.1) is 6.92 Å². The maximum absolute atomic E-state index is 12.7. The molecule has 1 heterocycles. The Labute approximate surface area is 155 Å². The number of aryl methyl sites for hydroxylation is 1. The first-order valence-electron chi connectivity index (χ1n) is 7.73. The largest absolute Gasteiger partial charge is 0.465 e. The lowest BCUT2D eigenvalue weighted by Crippen LogP contribution is -2.32. The SMILES string of the molecule is COC(=O)c1cccc(N2C(=O)C(Cl)=C(Nc3ccc(C)cc3)C2=O)c1. The van der Waals surface area contributed by atoms with Crippen LogP contribution in [-0.4, -0.2) is 24.9 Å². The number of benzene rings is 2. The number of amides is 2. The Kier molecular flexibility index (Phi) is 4.77. The number of carbonyl (C=O) groups is 3. The van der Waals surface area contributed by atoms with E-state index in [1.807, 2.05) is 19.1 Å². The zero-order valence-electron chi connectivity index (χ0n) is 14.1. The molecule has 7 heteroatoms. The van der Waals surface area contributed by atoms with Gasteiger partial charge in [-0.05, 0) is 37.3 Å². The second-order valence-electron chi connectivity index (χ2n) is 5.67. The maximum Gasteiger partial charge on any atom is 0.337 e. The summed E-state index contributed by atoms with van der Waals surface area (Å²) in [6.07, 6.45) is 0. The first kappa shape index (κ1) is 17.7. The third kappa shape index (κ3) is 3.19. The van der Waals surface area contributed by atoms with Crippen molar-refractivity contribution in [2.45, 2.75) is 6.92 Å². The van der Waals surface area contributed by atoms with Gasteiger partial charge in [0.2, 0.25) is 0 Å². The van der Waals surface area contributed by atoms with Crippen LogP contribution < -0.4 is 10.2 Å². The fraction of sp³-hybridized carbons (Fsp3) is 0.105. The van der Waals surface area contributed by atoms with E-state index in [0.29, 0.717) is 5.69 Å². The van der Waals surface area contributed by atoms with Crippen molar-refractivity contribution >= 4 is 40.8 Å². The molecule has 26 heavy (non-hydrogen) atoms. The van der Waals surface area contributed by atoms with Gasteiger partial charge in [-0.2, -0.15) is 0 Å². The van der Waals surface area contributed by atoms with Gasteiger partial charge in [-0.3, -0.25) is 9.59 Å². The minimum atomic E-state index is -0.659. The van der Waals surface area contributed by atoms with Crippen LogP contribution in [0.5, 0.6) is 0 Å². The number of rotatable bonds is 4. The summed E-state index contributed by atoms with van der Waals surface area (Å²) in [6, 6.07) is 13.3. The molecular formula is C19H15ClN2O4. The molecule has 6 nitrogen and oxygen atoms in total. The zero-order chi connectivity index (χ0) is 18.8. The Morgan fingerprint density at radius 3 is 2.42 bits per heavy atom. The molecule has 1 aliphatic heterocycles. The van der Waals surface area contributed by atoms with E-state index >= 15 is 0 Å². The molecule has 0 spiro atoms. The molecule has 1 N–H and O–H groups in total. The van der Waals surface area contributed by atoms with Gasteiger partial charge < -0.3 is 10.1 Å². The van der Waals surface area contributed by atoms with Crippen molar-refractivity contribution in [3.8, 4) is 0 Å². The highest BCUT2D eigenvalue weighted by Gasteiger charge is 2.39. The molecule has 1 aliphatic rings. The summed E-state index contributed by atoms with van der Waals surface area (Å²) < 4.78 is 4.66. The maximum atomic E-state index is 12.7. The number of nitrogens with zero attached hydrogens (tertiary/aromatic N) is 1. The lowest BCUT2D eigenvalue weighted by molar-refractivity contribution is -0.120. The zero-order valence-corrected chi connectivity index (χ0v) is 14.8. The van der Waals surface area contributed by atoms with Crippen LogP contribution in [0.25, 0.3) is 0 Å². The molecule has 0 atom stereocenters. The van der Waals surface area contributed by atoms with Gasteiger partial charge in [-0.15, -0.1) is 0 Å². The fourth-order valence-corrected chi connectivity index (χ4v) is 2.73. The first-order chi connectivity index (χ1) is 12.4. The van der Waals surface area contributed by atoms with Crippen LogP contribution in [0.4, 0.5) is 11.4 Å². The van der Waals surface area contributed by atoms with Crippen molar-refractivity contribution in [1.29, 1.82) is 0 Å². The normalized spacial score (nSPS) is 14.0. The number of ether oxygens (including phenoxy) is 1. The first-order valence-corrected chi connectivity index (χ1v) is 8.11. The van der Waals surface area contributed by atoms with Crippen molar-refractivity contribution < 1.29 is 19.1 Å². The molecule has 2 aromatic rings. The van der Waals surface area contributed by atoms with Gasteiger partial charge in [-0.25, -0.2) is 9.69 Å².